The SMILES string of the molecule is Nc1cn(C2CCCCCC2)nc1-c1ccc(Cl)c(Cl)c1. The third-order valence-electron chi connectivity index (χ3n) is 4.15. The highest BCUT2D eigenvalue weighted by Gasteiger charge is 2.18. The van der Waals surface area contributed by atoms with Crippen LogP contribution in [0.1, 0.15) is 44.6 Å². The molecule has 1 aliphatic carbocycles. The molecule has 1 aliphatic rings. The highest BCUT2D eigenvalue weighted by Crippen LogP contribution is 2.33. The van der Waals surface area contributed by atoms with Crippen molar-refractivity contribution < 1.29 is 0 Å². The molecule has 1 aromatic carbocycles. The van der Waals surface area contributed by atoms with Gasteiger partial charge >= 0.3 is 0 Å². The Balaban J connectivity index is 1.91. The van der Waals surface area contributed by atoms with Crippen LogP contribution in [0.2, 0.25) is 10.0 Å². The fourth-order valence-electron chi connectivity index (χ4n) is 2.98. The fourth-order valence-corrected chi connectivity index (χ4v) is 3.28. The number of hydrogen-bond acceptors (Lipinski definition) is 2. The first-order valence-corrected chi connectivity index (χ1v) is 8.21. The molecule has 5 heteroatoms. The molecule has 0 amide bonds. The second-order valence-electron chi connectivity index (χ2n) is 5.69. The second kappa shape index (κ2) is 6.29. The molecule has 112 valence electrons. The van der Waals surface area contributed by atoms with Gasteiger partial charge in [0.2, 0.25) is 0 Å². The van der Waals surface area contributed by atoms with Gasteiger partial charge in [-0.2, -0.15) is 5.10 Å². The topological polar surface area (TPSA) is 43.8 Å². The number of rotatable bonds is 2. The van der Waals surface area contributed by atoms with Gasteiger partial charge in [0, 0.05) is 11.8 Å². The normalized spacial score (nSPS) is 16.9. The van der Waals surface area contributed by atoms with Crippen LogP contribution in [-0.2, 0) is 0 Å². The van der Waals surface area contributed by atoms with E-state index in [1.54, 1.807) is 6.07 Å². The zero-order valence-electron chi connectivity index (χ0n) is 11.9. The third-order valence-corrected chi connectivity index (χ3v) is 4.89. The monoisotopic (exact) mass is 323 g/mol. The minimum atomic E-state index is 0.464. The highest BCUT2D eigenvalue weighted by atomic mass is 35.5. The van der Waals surface area contributed by atoms with Crippen molar-refractivity contribution in [2.45, 2.75) is 44.6 Å². The van der Waals surface area contributed by atoms with Gasteiger partial charge in [0.05, 0.1) is 21.8 Å². The first kappa shape index (κ1) is 14.7. The first-order chi connectivity index (χ1) is 10.1. The lowest BCUT2D eigenvalue weighted by atomic mass is 10.1. The molecule has 2 aromatic rings. The van der Waals surface area contributed by atoms with E-state index in [1.165, 1.54) is 38.5 Å². The summed E-state index contributed by atoms with van der Waals surface area (Å²) in [7, 11) is 0. The van der Waals surface area contributed by atoms with Crippen molar-refractivity contribution >= 4 is 28.9 Å². The van der Waals surface area contributed by atoms with Crippen molar-refractivity contribution in [2.24, 2.45) is 0 Å². The van der Waals surface area contributed by atoms with E-state index in [4.69, 9.17) is 34.0 Å². The molecule has 0 saturated heterocycles. The van der Waals surface area contributed by atoms with Gasteiger partial charge in [-0.15, -0.1) is 0 Å². The zero-order valence-corrected chi connectivity index (χ0v) is 13.4. The molecule has 3 rings (SSSR count). The predicted octanol–water partition coefficient (Wildman–Crippen LogP) is 5.33. The van der Waals surface area contributed by atoms with E-state index in [2.05, 4.69) is 0 Å². The summed E-state index contributed by atoms with van der Waals surface area (Å²) in [5.41, 5.74) is 8.54. The largest absolute Gasteiger partial charge is 0.396 e. The number of aromatic nitrogens is 2. The van der Waals surface area contributed by atoms with Crippen LogP contribution in [-0.4, -0.2) is 9.78 Å². The number of halogens is 2. The van der Waals surface area contributed by atoms with Gasteiger partial charge in [0.15, 0.2) is 0 Å². The van der Waals surface area contributed by atoms with Crippen LogP contribution in [0.25, 0.3) is 11.3 Å². The number of hydrogen-bond donors (Lipinski definition) is 1. The Morgan fingerprint density at radius 3 is 2.43 bits per heavy atom. The van der Waals surface area contributed by atoms with E-state index in [1.807, 2.05) is 23.0 Å². The smallest absolute Gasteiger partial charge is 0.115 e. The second-order valence-corrected chi connectivity index (χ2v) is 6.50. The minimum absolute atomic E-state index is 0.464. The zero-order chi connectivity index (χ0) is 14.8. The molecule has 0 bridgehead atoms. The van der Waals surface area contributed by atoms with Crippen molar-refractivity contribution in [3.63, 3.8) is 0 Å². The molecule has 0 radical (unpaired) electrons. The molecule has 0 spiro atoms. The van der Waals surface area contributed by atoms with Crippen molar-refractivity contribution in [3.05, 3.63) is 34.4 Å². The third kappa shape index (κ3) is 3.19. The van der Waals surface area contributed by atoms with Gasteiger partial charge in [-0.25, -0.2) is 0 Å². The fraction of sp³-hybridized carbons (Fsp3) is 0.438. The summed E-state index contributed by atoms with van der Waals surface area (Å²) in [5.74, 6) is 0. The van der Waals surface area contributed by atoms with Crippen LogP contribution in [0.4, 0.5) is 5.69 Å². The maximum atomic E-state index is 6.15. The number of nitrogen functional groups attached to an aromatic ring is 1. The Hall–Kier alpha value is -1.19. The molecule has 3 nitrogen and oxygen atoms in total. The predicted molar refractivity (Wildman–Crippen MR) is 88.8 cm³/mol. The van der Waals surface area contributed by atoms with Gasteiger partial charge in [0.1, 0.15) is 5.69 Å². The van der Waals surface area contributed by atoms with Crippen LogP contribution >= 0.6 is 23.2 Å². The summed E-state index contributed by atoms with van der Waals surface area (Å²) >= 11 is 12.0. The molecular formula is C16H19Cl2N3. The van der Waals surface area contributed by atoms with Gasteiger partial charge in [-0.3, -0.25) is 4.68 Å². The summed E-state index contributed by atoms with van der Waals surface area (Å²) in [5, 5.41) is 5.78. The van der Waals surface area contributed by atoms with Crippen LogP contribution in [0.15, 0.2) is 24.4 Å². The molecule has 0 atom stereocenters. The van der Waals surface area contributed by atoms with Crippen LogP contribution in [0, 0.1) is 0 Å². The lowest BCUT2D eigenvalue weighted by Gasteiger charge is -2.14. The molecule has 1 heterocycles. The van der Waals surface area contributed by atoms with Crippen LogP contribution in [0.5, 0.6) is 0 Å². The number of benzene rings is 1. The lowest BCUT2D eigenvalue weighted by Crippen LogP contribution is -2.08. The molecule has 1 saturated carbocycles. The van der Waals surface area contributed by atoms with Crippen molar-refractivity contribution in [3.8, 4) is 11.3 Å². The Labute approximate surface area is 135 Å². The van der Waals surface area contributed by atoms with Crippen LogP contribution < -0.4 is 5.73 Å². The summed E-state index contributed by atoms with van der Waals surface area (Å²) in [4.78, 5) is 0. The number of anilines is 1. The average molecular weight is 324 g/mol. The Morgan fingerprint density at radius 2 is 1.76 bits per heavy atom. The van der Waals surface area contributed by atoms with E-state index in [-0.39, 0.29) is 0 Å². The molecule has 0 aliphatic heterocycles. The van der Waals surface area contributed by atoms with E-state index in [0.717, 1.165) is 11.3 Å². The Morgan fingerprint density at radius 1 is 1.05 bits per heavy atom. The number of nitrogens with two attached hydrogens (primary N) is 1. The molecular weight excluding hydrogens is 305 g/mol. The molecule has 21 heavy (non-hydrogen) atoms. The lowest BCUT2D eigenvalue weighted by molar-refractivity contribution is 0.406. The Kier molecular flexibility index (Phi) is 4.41. The summed E-state index contributed by atoms with van der Waals surface area (Å²) in [6, 6.07) is 5.97. The summed E-state index contributed by atoms with van der Waals surface area (Å²) in [6.07, 6.45) is 9.51. The summed E-state index contributed by atoms with van der Waals surface area (Å²) in [6.45, 7) is 0. The minimum Gasteiger partial charge on any atom is -0.396 e. The molecule has 0 unspecified atom stereocenters. The van der Waals surface area contributed by atoms with Gasteiger partial charge < -0.3 is 5.73 Å². The van der Waals surface area contributed by atoms with E-state index >= 15 is 0 Å². The first-order valence-electron chi connectivity index (χ1n) is 7.45. The van der Waals surface area contributed by atoms with E-state index < -0.39 is 0 Å². The van der Waals surface area contributed by atoms with E-state index in [0.29, 0.717) is 21.8 Å². The van der Waals surface area contributed by atoms with Gasteiger partial charge in [0.25, 0.3) is 0 Å². The van der Waals surface area contributed by atoms with E-state index in [9.17, 15) is 0 Å². The van der Waals surface area contributed by atoms with Crippen molar-refractivity contribution in [2.75, 3.05) is 5.73 Å². The van der Waals surface area contributed by atoms with Gasteiger partial charge in [-0.05, 0) is 25.0 Å². The van der Waals surface area contributed by atoms with Crippen LogP contribution in [0.3, 0.4) is 0 Å². The summed E-state index contributed by atoms with van der Waals surface area (Å²) < 4.78 is 2.04. The number of nitrogens with zero attached hydrogens (tertiary/aromatic N) is 2. The maximum absolute atomic E-state index is 6.15. The average Bonchev–Trinajstić information content (AvgIpc) is 2.69. The molecule has 2 N–H and O–H groups in total. The van der Waals surface area contributed by atoms with Gasteiger partial charge in [-0.1, -0.05) is 55.0 Å². The quantitative estimate of drug-likeness (QED) is 0.758. The molecule has 1 aromatic heterocycles. The standard InChI is InChI=1S/C16H19Cl2N3/c17-13-8-7-11(9-14(13)18)16-15(19)10-21(20-16)12-5-3-1-2-4-6-12/h7-10,12H,1-6,19H2. The maximum Gasteiger partial charge on any atom is 0.115 e. The molecule has 1 fully saturated rings. The van der Waals surface area contributed by atoms with Crippen molar-refractivity contribution in [1.29, 1.82) is 0 Å². The highest BCUT2D eigenvalue weighted by molar-refractivity contribution is 6.42. The Bertz CT molecular complexity index is 628. The van der Waals surface area contributed by atoms with Crippen molar-refractivity contribution in [1.82, 2.24) is 9.78 Å².